The molecule has 2 aromatic carbocycles. The molecule has 0 atom stereocenters. The van der Waals surface area contributed by atoms with Gasteiger partial charge in [0.15, 0.2) is 5.82 Å². The van der Waals surface area contributed by atoms with E-state index in [9.17, 15) is 22.8 Å². The van der Waals surface area contributed by atoms with Gasteiger partial charge in [-0.05, 0) is 55.0 Å². The van der Waals surface area contributed by atoms with Crippen molar-refractivity contribution in [3.63, 3.8) is 0 Å². The number of rotatable bonds is 5. The molecule has 3 heterocycles. The van der Waals surface area contributed by atoms with Crippen LogP contribution in [-0.4, -0.2) is 26.2 Å². The third-order valence-corrected chi connectivity index (χ3v) is 6.03. The predicted molar refractivity (Wildman–Crippen MR) is 137 cm³/mol. The van der Waals surface area contributed by atoms with Crippen molar-refractivity contribution in [3.8, 4) is 22.6 Å². The quantitative estimate of drug-likeness (QED) is 0.312. The summed E-state index contributed by atoms with van der Waals surface area (Å²) >= 11 is 0. The van der Waals surface area contributed by atoms with Gasteiger partial charge >= 0.3 is 6.18 Å². The number of pyridine rings is 2. The molecule has 7 nitrogen and oxygen atoms in total. The lowest BCUT2D eigenvalue weighted by atomic mass is 9.98. The summed E-state index contributed by atoms with van der Waals surface area (Å²) in [5.74, 6) is -1.08. The molecule has 0 bridgehead atoms. The van der Waals surface area contributed by atoms with E-state index in [1.54, 1.807) is 53.2 Å². The van der Waals surface area contributed by atoms with Crippen LogP contribution in [0.25, 0.3) is 28.2 Å². The van der Waals surface area contributed by atoms with E-state index in [4.69, 9.17) is 5.73 Å². The summed E-state index contributed by atoms with van der Waals surface area (Å²) in [7, 11) is 0. The zero-order valence-corrected chi connectivity index (χ0v) is 20.0. The number of carbonyl (C=O) groups is 2. The first-order valence-electron chi connectivity index (χ1n) is 11.4. The third-order valence-electron chi connectivity index (χ3n) is 6.03. The largest absolute Gasteiger partial charge is 0.417 e. The minimum absolute atomic E-state index is 0.259. The molecule has 0 spiro atoms. The van der Waals surface area contributed by atoms with Gasteiger partial charge in [0.2, 0.25) is 5.91 Å². The number of aromatic nitrogens is 3. The van der Waals surface area contributed by atoms with E-state index in [1.807, 2.05) is 6.92 Å². The van der Waals surface area contributed by atoms with Crippen molar-refractivity contribution in [2.24, 2.45) is 5.73 Å². The Balaban J connectivity index is 1.59. The second-order valence-corrected chi connectivity index (χ2v) is 8.63. The average molecular weight is 515 g/mol. The first-order chi connectivity index (χ1) is 18.1. The van der Waals surface area contributed by atoms with Gasteiger partial charge in [0, 0.05) is 29.2 Å². The number of nitrogens with one attached hydrogen (secondary N) is 1. The third kappa shape index (κ3) is 4.71. The SMILES string of the molecule is Cc1ccc(NC(=O)c2cc(-c3cccn4c(-c5cc(C(N)=O)ccn5)ncc34)ccc2C(F)(F)F)cc1. The Hall–Kier alpha value is -4.99. The van der Waals surface area contributed by atoms with Gasteiger partial charge < -0.3 is 11.1 Å². The molecule has 38 heavy (non-hydrogen) atoms. The van der Waals surface area contributed by atoms with Gasteiger partial charge in [-0.2, -0.15) is 13.2 Å². The van der Waals surface area contributed by atoms with Crippen LogP contribution in [0, 0.1) is 6.92 Å². The molecule has 0 unspecified atom stereocenters. The molecule has 5 rings (SSSR count). The Morgan fingerprint density at radius 3 is 2.45 bits per heavy atom. The van der Waals surface area contributed by atoms with E-state index >= 15 is 0 Å². The smallest absolute Gasteiger partial charge is 0.366 e. The Kier molecular flexibility index (Phi) is 6.15. The summed E-state index contributed by atoms with van der Waals surface area (Å²) in [6.45, 7) is 1.86. The van der Waals surface area contributed by atoms with Gasteiger partial charge in [-0.25, -0.2) is 4.98 Å². The van der Waals surface area contributed by atoms with Crippen molar-refractivity contribution in [2.75, 3.05) is 5.32 Å². The molecular formula is C28H20F3N5O2. The number of carbonyl (C=O) groups excluding carboxylic acids is 2. The molecule has 0 radical (unpaired) electrons. The number of aryl methyl sites for hydroxylation is 1. The molecule has 2 amide bonds. The monoisotopic (exact) mass is 515 g/mol. The summed E-state index contributed by atoms with van der Waals surface area (Å²) in [5, 5.41) is 2.55. The second-order valence-electron chi connectivity index (χ2n) is 8.63. The highest BCUT2D eigenvalue weighted by molar-refractivity contribution is 6.06. The number of hydrogen-bond acceptors (Lipinski definition) is 4. The number of halogens is 3. The van der Waals surface area contributed by atoms with Gasteiger partial charge in [-0.3, -0.25) is 19.0 Å². The number of nitrogens with two attached hydrogens (primary N) is 1. The minimum Gasteiger partial charge on any atom is -0.366 e. The zero-order chi connectivity index (χ0) is 27.0. The molecule has 0 saturated carbocycles. The highest BCUT2D eigenvalue weighted by atomic mass is 19.4. The maximum Gasteiger partial charge on any atom is 0.417 e. The Labute approximate surface area is 214 Å². The van der Waals surface area contributed by atoms with E-state index in [2.05, 4.69) is 15.3 Å². The van der Waals surface area contributed by atoms with Crippen LogP contribution in [0.3, 0.4) is 0 Å². The predicted octanol–water partition coefficient (Wildman–Crippen LogP) is 5.74. The number of benzene rings is 2. The van der Waals surface area contributed by atoms with Crippen LogP contribution in [0.5, 0.6) is 0 Å². The Bertz CT molecular complexity index is 1690. The van der Waals surface area contributed by atoms with Crippen LogP contribution in [0.15, 0.2) is 85.3 Å². The second kappa shape index (κ2) is 9.47. The highest BCUT2D eigenvalue weighted by Crippen LogP contribution is 2.36. The number of imidazole rings is 1. The first kappa shape index (κ1) is 24.7. The zero-order valence-electron chi connectivity index (χ0n) is 20.0. The van der Waals surface area contributed by atoms with Gasteiger partial charge in [-0.1, -0.05) is 29.8 Å². The molecule has 10 heteroatoms. The van der Waals surface area contributed by atoms with Crippen molar-refractivity contribution in [1.29, 1.82) is 0 Å². The normalized spacial score (nSPS) is 11.5. The minimum atomic E-state index is -4.73. The van der Waals surface area contributed by atoms with E-state index in [-0.39, 0.29) is 5.56 Å². The molecule has 0 aliphatic rings. The molecule has 0 saturated heterocycles. The van der Waals surface area contributed by atoms with E-state index in [0.717, 1.165) is 11.6 Å². The van der Waals surface area contributed by atoms with Crippen molar-refractivity contribution in [2.45, 2.75) is 13.1 Å². The van der Waals surface area contributed by atoms with Crippen LogP contribution < -0.4 is 11.1 Å². The van der Waals surface area contributed by atoms with Gasteiger partial charge in [-0.15, -0.1) is 0 Å². The lowest BCUT2D eigenvalue weighted by molar-refractivity contribution is -0.137. The fraction of sp³-hybridized carbons (Fsp3) is 0.0714. The van der Waals surface area contributed by atoms with Gasteiger partial charge in [0.05, 0.1) is 22.8 Å². The van der Waals surface area contributed by atoms with Crippen molar-refractivity contribution in [1.82, 2.24) is 14.4 Å². The van der Waals surface area contributed by atoms with Crippen LogP contribution in [0.4, 0.5) is 18.9 Å². The molecule has 5 aromatic rings. The number of anilines is 1. The molecule has 0 fully saturated rings. The maximum atomic E-state index is 13.8. The standard InChI is InChI=1S/C28H20F3N5O2/c1-16-4-7-19(8-5-16)35-27(38)21-13-17(6-9-22(21)28(29,30)31)20-3-2-12-36-24(20)15-34-26(36)23-14-18(25(32)37)10-11-33-23/h2-15H,1H3,(H2,32,37)(H,35,38). The Morgan fingerprint density at radius 1 is 0.974 bits per heavy atom. The maximum absolute atomic E-state index is 13.8. The van der Waals surface area contributed by atoms with Gasteiger partial charge in [0.1, 0.15) is 5.69 Å². The number of hydrogen-bond donors (Lipinski definition) is 2. The number of fused-ring (bicyclic) bond motifs is 1. The van der Waals surface area contributed by atoms with Crippen molar-refractivity contribution < 1.29 is 22.8 Å². The molecular weight excluding hydrogens is 495 g/mol. The summed E-state index contributed by atoms with van der Waals surface area (Å²) in [6.07, 6.45) is -0.0254. The summed E-state index contributed by atoms with van der Waals surface area (Å²) < 4.78 is 43.2. The highest BCUT2D eigenvalue weighted by Gasteiger charge is 2.35. The van der Waals surface area contributed by atoms with Crippen LogP contribution in [-0.2, 0) is 6.18 Å². The number of nitrogens with zero attached hydrogens (tertiary/aromatic N) is 3. The number of alkyl halides is 3. The molecule has 0 aliphatic carbocycles. The van der Waals surface area contributed by atoms with Crippen LogP contribution >= 0.6 is 0 Å². The fourth-order valence-electron chi connectivity index (χ4n) is 4.14. The first-order valence-corrected chi connectivity index (χ1v) is 11.4. The number of primary amides is 1. The summed E-state index contributed by atoms with van der Waals surface area (Å²) in [4.78, 5) is 33.3. The Morgan fingerprint density at radius 2 is 1.74 bits per heavy atom. The lowest BCUT2D eigenvalue weighted by Crippen LogP contribution is -2.19. The topological polar surface area (TPSA) is 102 Å². The van der Waals surface area contributed by atoms with Gasteiger partial charge in [0.25, 0.3) is 5.91 Å². The molecule has 0 aliphatic heterocycles. The number of amides is 2. The molecule has 190 valence electrons. The fourth-order valence-corrected chi connectivity index (χ4v) is 4.14. The van der Waals surface area contributed by atoms with Crippen LogP contribution in [0.2, 0.25) is 0 Å². The average Bonchev–Trinajstić information content (AvgIpc) is 3.33. The summed E-state index contributed by atoms with van der Waals surface area (Å²) in [6, 6.07) is 16.6. The van der Waals surface area contributed by atoms with Crippen molar-refractivity contribution >= 4 is 23.0 Å². The van der Waals surface area contributed by atoms with E-state index in [1.165, 1.54) is 30.5 Å². The molecule has 3 aromatic heterocycles. The lowest BCUT2D eigenvalue weighted by Gasteiger charge is -2.15. The van der Waals surface area contributed by atoms with E-state index < -0.39 is 29.1 Å². The molecule has 3 N–H and O–H groups in total. The summed E-state index contributed by atoms with van der Waals surface area (Å²) in [5.41, 5.74) is 7.32. The van der Waals surface area contributed by atoms with E-state index in [0.29, 0.717) is 33.8 Å². The van der Waals surface area contributed by atoms with Crippen molar-refractivity contribution in [3.05, 3.63) is 108 Å². The van der Waals surface area contributed by atoms with Crippen LogP contribution in [0.1, 0.15) is 31.8 Å².